The van der Waals surface area contributed by atoms with Gasteiger partial charge in [0.05, 0.1) is 24.8 Å². The molecule has 2 heterocycles. The summed E-state index contributed by atoms with van der Waals surface area (Å²) in [5.74, 6) is -0.697. The summed E-state index contributed by atoms with van der Waals surface area (Å²) in [6, 6.07) is 18.3. The van der Waals surface area contributed by atoms with Crippen LogP contribution in [0.2, 0.25) is 0 Å². The molecule has 0 unspecified atom stereocenters. The average molecular weight is 513 g/mol. The first kappa shape index (κ1) is 25.7. The first-order valence-corrected chi connectivity index (χ1v) is 13.2. The van der Waals surface area contributed by atoms with Gasteiger partial charge in [-0.15, -0.1) is 0 Å². The molecule has 8 nitrogen and oxygen atoms in total. The molecule has 196 valence electrons. The fraction of sp³-hybridized carbons (Fsp3) is 0.367. The number of amides is 1. The Kier molecular flexibility index (Phi) is 8.17. The first-order chi connectivity index (χ1) is 18.6. The fourth-order valence-electron chi connectivity index (χ4n) is 5.10. The number of benzene rings is 3. The lowest BCUT2D eigenvalue weighted by molar-refractivity contribution is -0.112. The van der Waals surface area contributed by atoms with Gasteiger partial charge < -0.3 is 19.7 Å². The second-order valence-corrected chi connectivity index (χ2v) is 9.67. The number of hydrogen-bond acceptors (Lipinski definition) is 7. The van der Waals surface area contributed by atoms with E-state index >= 15 is 0 Å². The summed E-state index contributed by atoms with van der Waals surface area (Å²) >= 11 is 0. The Morgan fingerprint density at radius 1 is 0.947 bits per heavy atom. The van der Waals surface area contributed by atoms with Gasteiger partial charge in [-0.2, -0.15) is 5.26 Å². The van der Waals surface area contributed by atoms with E-state index in [2.05, 4.69) is 21.2 Å². The highest BCUT2D eigenvalue weighted by Gasteiger charge is 2.21. The molecular formula is C30H32N4O4. The third kappa shape index (κ3) is 5.96. The van der Waals surface area contributed by atoms with E-state index in [1.54, 1.807) is 18.2 Å². The predicted molar refractivity (Wildman–Crippen MR) is 147 cm³/mol. The average Bonchev–Trinajstić information content (AvgIpc) is 2.97. The van der Waals surface area contributed by atoms with Gasteiger partial charge in [-0.1, -0.05) is 24.3 Å². The molecule has 5 rings (SSSR count). The zero-order chi connectivity index (χ0) is 26.3. The van der Waals surface area contributed by atoms with E-state index in [1.165, 1.54) is 6.42 Å². The van der Waals surface area contributed by atoms with Crippen molar-refractivity contribution < 1.29 is 19.1 Å². The Balaban J connectivity index is 1.32. The molecule has 1 N–H and O–H groups in total. The summed E-state index contributed by atoms with van der Waals surface area (Å²) in [6.45, 7) is 6.40. The van der Waals surface area contributed by atoms with Crippen LogP contribution in [0.15, 0.2) is 54.6 Å². The Morgan fingerprint density at radius 2 is 1.71 bits per heavy atom. The number of rotatable bonds is 8. The number of piperidine rings is 1. The molecule has 0 aliphatic carbocycles. The molecule has 0 atom stereocenters. The smallest absolute Gasteiger partial charge is 0.296 e. The topological polar surface area (TPSA) is 94.9 Å². The van der Waals surface area contributed by atoms with Crippen LogP contribution in [0.25, 0.3) is 10.8 Å². The monoisotopic (exact) mass is 512 g/mol. The summed E-state index contributed by atoms with van der Waals surface area (Å²) in [4.78, 5) is 30.9. The minimum absolute atomic E-state index is 0.311. The lowest BCUT2D eigenvalue weighted by Crippen LogP contribution is -2.38. The van der Waals surface area contributed by atoms with E-state index in [1.807, 2.05) is 36.4 Å². The fourth-order valence-corrected chi connectivity index (χ4v) is 5.10. The van der Waals surface area contributed by atoms with Gasteiger partial charge in [0.1, 0.15) is 12.4 Å². The second kappa shape index (κ2) is 12.1. The molecule has 0 saturated carbocycles. The minimum atomic E-state index is -0.740. The number of morpholine rings is 1. The summed E-state index contributed by atoms with van der Waals surface area (Å²) in [6.07, 6.45) is 3.38. The molecule has 2 aliphatic rings. The number of ether oxygens (including phenoxy) is 2. The molecule has 8 heteroatoms. The van der Waals surface area contributed by atoms with Crippen molar-refractivity contribution in [3.05, 3.63) is 65.7 Å². The van der Waals surface area contributed by atoms with Gasteiger partial charge in [0.15, 0.2) is 0 Å². The number of anilines is 2. The molecule has 3 aromatic carbocycles. The highest BCUT2D eigenvalue weighted by Crippen LogP contribution is 2.30. The maximum atomic E-state index is 13.3. The van der Waals surface area contributed by atoms with Crippen molar-refractivity contribution in [2.45, 2.75) is 19.3 Å². The Hall–Kier alpha value is -3.93. The van der Waals surface area contributed by atoms with E-state index in [-0.39, 0.29) is 0 Å². The third-order valence-electron chi connectivity index (χ3n) is 7.13. The van der Waals surface area contributed by atoms with Crippen molar-refractivity contribution in [1.29, 1.82) is 5.26 Å². The number of carbonyl (C=O) groups excluding carboxylic acids is 2. The van der Waals surface area contributed by atoms with Crippen molar-refractivity contribution in [3.8, 4) is 11.8 Å². The quantitative estimate of drug-likeness (QED) is 0.356. The number of fused-ring (bicyclic) bond motifs is 1. The summed E-state index contributed by atoms with van der Waals surface area (Å²) < 4.78 is 11.5. The van der Waals surface area contributed by atoms with Gasteiger partial charge in [0.25, 0.3) is 11.7 Å². The molecule has 1 amide bonds. The van der Waals surface area contributed by atoms with Crippen molar-refractivity contribution in [2.24, 2.45) is 0 Å². The number of nitrogens with one attached hydrogen (secondary N) is 1. The van der Waals surface area contributed by atoms with Gasteiger partial charge in [-0.05, 0) is 55.0 Å². The molecule has 0 spiro atoms. The zero-order valence-corrected chi connectivity index (χ0v) is 21.4. The number of nitrogens with zero attached hydrogens (tertiary/aromatic N) is 3. The van der Waals surface area contributed by atoms with Crippen LogP contribution in [-0.2, 0) is 9.53 Å². The minimum Gasteiger partial charge on any atom is -0.492 e. The van der Waals surface area contributed by atoms with Crippen molar-refractivity contribution >= 4 is 33.8 Å². The Morgan fingerprint density at radius 3 is 2.47 bits per heavy atom. The highest BCUT2D eigenvalue weighted by molar-refractivity contribution is 6.48. The van der Waals surface area contributed by atoms with Crippen LogP contribution in [0.5, 0.6) is 5.75 Å². The highest BCUT2D eigenvalue weighted by atomic mass is 16.5. The van der Waals surface area contributed by atoms with Gasteiger partial charge in [0, 0.05) is 55.0 Å². The molecule has 2 fully saturated rings. The Bertz CT molecular complexity index is 1350. The number of carbonyl (C=O) groups is 2. The van der Waals surface area contributed by atoms with Crippen LogP contribution in [0.3, 0.4) is 0 Å². The molecule has 0 aromatic heterocycles. The molecule has 2 aliphatic heterocycles. The summed E-state index contributed by atoms with van der Waals surface area (Å²) in [7, 11) is 0. The number of nitriles is 1. The van der Waals surface area contributed by atoms with E-state index < -0.39 is 11.7 Å². The maximum absolute atomic E-state index is 13.3. The molecule has 0 bridgehead atoms. The molecular weight excluding hydrogens is 480 g/mol. The van der Waals surface area contributed by atoms with E-state index in [4.69, 9.17) is 9.47 Å². The Labute approximate surface area is 222 Å². The lowest BCUT2D eigenvalue weighted by atomic mass is 10.00. The molecule has 2 saturated heterocycles. The van der Waals surface area contributed by atoms with Crippen molar-refractivity contribution in [3.63, 3.8) is 0 Å². The third-order valence-corrected chi connectivity index (χ3v) is 7.13. The standard InChI is InChI=1S/C30H32N4O4/c31-21-22-18-23(20-24(19-22)34-10-4-1-5-11-34)32-30(36)29(35)27-8-9-28(26-7-3-2-6-25(26)27)38-17-14-33-12-15-37-16-13-33/h2-3,6-9,18-20H,1,4-5,10-17H2,(H,32,36). The summed E-state index contributed by atoms with van der Waals surface area (Å²) in [5, 5.41) is 13.7. The van der Waals surface area contributed by atoms with Crippen LogP contribution in [0.4, 0.5) is 11.4 Å². The van der Waals surface area contributed by atoms with Gasteiger partial charge >= 0.3 is 0 Å². The number of ketones is 1. The zero-order valence-electron chi connectivity index (χ0n) is 21.4. The number of Topliss-reactive ketones (excluding diaryl/α,β-unsaturated/α-hetero) is 1. The van der Waals surface area contributed by atoms with Crippen LogP contribution in [-0.4, -0.2) is 69.1 Å². The van der Waals surface area contributed by atoms with Gasteiger partial charge in [-0.3, -0.25) is 14.5 Å². The van der Waals surface area contributed by atoms with E-state index in [0.29, 0.717) is 34.6 Å². The van der Waals surface area contributed by atoms with E-state index in [0.717, 1.165) is 69.9 Å². The van der Waals surface area contributed by atoms with Crippen LogP contribution < -0.4 is 15.0 Å². The van der Waals surface area contributed by atoms with Crippen molar-refractivity contribution in [2.75, 3.05) is 62.8 Å². The van der Waals surface area contributed by atoms with Gasteiger partial charge in [0.2, 0.25) is 0 Å². The second-order valence-electron chi connectivity index (χ2n) is 9.67. The predicted octanol–water partition coefficient (Wildman–Crippen LogP) is 4.23. The van der Waals surface area contributed by atoms with Gasteiger partial charge in [-0.25, -0.2) is 0 Å². The van der Waals surface area contributed by atoms with Crippen LogP contribution in [0.1, 0.15) is 35.2 Å². The maximum Gasteiger partial charge on any atom is 0.296 e. The lowest BCUT2D eigenvalue weighted by Gasteiger charge is -2.29. The van der Waals surface area contributed by atoms with Crippen LogP contribution in [0, 0.1) is 11.3 Å². The summed E-state index contributed by atoms with van der Waals surface area (Å²) in [5.41, 5.74) is 2.08. The largest absolute Gasteiger partial charge is 0.492 e. The molecule has 0 radical (unpaired) electrons. The number of hydrogen-bond donors (Lipinski definition) is 1. The molecule has 3 aromatic rings. The SMILES string of the molecule is N#Cc1cc(NC(=O)C(=O)c2ccc(OCCN3CCOCC3)c3ccccc23)cc(N2CCCCC2)c1. The first-order valence-electron chi connectivity index (χ1n) is 13.2. The van der Waals surface area contributed by atoms with Crippen molar-refractivity contribution in [1.82, 2.24) is 4.90 Å². The molecule has 38 heavy (non-hydrogen) atoms. The normalized spacial score (nSPS) is 16.1. The van der Waals surface area contributed by atoms with Crippen LogP contribution >= 0.6 is 0 Å². The van der Waals surface area contributed by atoms with E-state index in [9.17, 15) is 14.9 Å².